The van der Waals surface area contributed by atoms with Gasteiger partial charge in [0, 0.05) is 25.1 Å². The largest absolute Gasteiger partial charge is 0.465 e. The fourth-order valence-electron chi connectivity index (χ4n) is 2.32. The summed E-state index contributed by atoms with van der Waals surface area (Å²) in [6.45, 7) is 3.20. The number of likely N-dealkylation sites (N-methyl/N-ethyl adjacent to an activating group) is 1. The Balaban J connectivity index is 1.94. The highest BCUT2D eigenvalue weighted by Gasteiger charge is 2.32. The Kier molecular flexibility index (Phi) is 5.55. The van der Waals surface area contributed by atoms with E-state index in [1.165, 1.54) is 6.08 Å². The summed E-state index contributed by atoms with van der Waals surface area (Å²) in [7, 11) is 0. The maximum Gasteiger partial charge on any atom is 0.246 e. The third-order valence-corrected chi connectivity index (χ3v) is 3.58. The number of hydrogen-bond donors (Lipinski definition) is 2. The van der Waals surface area contributed by atoms with E-state index in [-0.39, 0.29) is 18.4 Å². The van der Waals surface area contributed by atoms with Crippen LogP contribution in [0.1, 0.15) is 12.7 Å². The second-order valence-electron chi connectivity index (χ2n) is 5.08. The van der Waals surface area contributed by atoms with Crippen LogP contribution < -0.4 is 0 Å². The first-order valence-electron chi connectivity index (χ1n) is 7.06. The van der Waals surface area contributed by atoms with Gasteiger partial charge in [-0.15, -0.1) is 0 Å². The van der Waals surface area contributed by atoms with Gasteiger partial charge in [-0.05, 0) is 25.1 Å². The van der Waals surface area contributed by atoms with Crippen LogP contribution in [-0.4, -0.2) is 59.5 Å². The van der Waals surface area contributed by atoms with E-state index < -0.39 is 12.2 Å². The molecule has 0 saturated carbocycles. The van der Waals surface area contributed by atoms with Crippen LogP contribution in [0.25, 0.3) is 6.08 Å². The molecule has 3 atom stereocenters. The average Bonchev–Trinajstić information content (AvgIpc) is 2.99. The van der Waals surface area contributed by atoms with Gasteiger partial charge in [0.1, 0.15) is 11.9 Å². The van der Waals surface area contributed by atoms with Gasteiger partial charge in [-0.2, -0.15) is 0 Å². The minimum atomic E-state index is -0.892. The summed E-state index contributed by atoms with van der Waals surface area (Å²) in [5.74, 6) is 0.159. The van der Waals surface area contributed by atoms with Crippen molar-refractivity contribution in [1.82, 2.24) is 4.90 Å². The summed E-state index contributed by atoms with van der Waals surface area (Å²) in [6, 6.07) is 3.51. The summed E-state index contributed by atoms with van der Waals surface area (Å²) in [5, 5.41) is 19.5. The van der Waals surface area contributed by atoms with Crippen molar-refractivity contribution in [3.8, 4) is 0 Å². The molecule has 6 heteroatoms. The third-order valence-electron chi connectivity index (χ3n) is 3.58. The van der Waals surface area contributed by atoms with Crippen LogP contribution in [0.4, 0.5) is 0 Å². The van der Waals surface area contributed by atoms with Gasteiger partial charge in [-0.3, -0.25) is 4.79 Å². The maximum absolute atomic E-state index is 12.1. The Hall–Kier alpha value is -1.63. The van der Waals surface area contributed by atoms with Gasteiger partial charge in [-0.1, -0.05) is 0 Å². The first kappa shape index (κ1) is 15.8. The molecule has 2 heterocycles. The highest BCUT2D eigenvalue weighted by atomic mass is 16.5. The van der Waals surface area contributed by atoms with Crippen molar-refractivity contribution in [1.29, 1.82) is 0 Å². The Morgan fingerprint density at radius 3 is 2.95 bits per heavy atom. The molecule has 6 nitrogen and oxygen atoms in total. The van der Waals surface area contributed by atoms with Crippen molar-refractivity contribution >= 4 is 12.0 Å². The molecule has 1 amide bonds. The lowest BCUT2D eigenvalue weighted by atomic mass is 9.96. The lowest BCUT2D eigenvalue weighted by Gasteiger charge is -2.34. The number of nitrogens with zero attached hydrogens (tertiary/aromatic N) is 1. The predicted octanol–water partition coefficient (Wildman–Crippen LogP) is 0.509. The quantitative estimate of drug-likeness (QED) is 0.773. The third kappa shape index (κ3) is 4.17. The Bertz CT molecular complexity index is 470. The molecule has 1 aromatic rings. The SMILES string of the molecule is CCN(C[C@@H]1COC[C@@H](O)[C@H]1O)C(=O)C=Cc1ccco1. The van der Waals surface area contributed by atoms with Gasteiger partial charge in [0.05, 0.1) is 25.6 Å². The molecule has 21 heavy (non-hydrogen) atoms. The van der Waals surface area contributed by atoms with Crippen molar-refractivity contribution in [2.75, 3.05) is 26.3 Å². The van der Waals surface area contributed by atoms with Crippen molar-refractivity contribution < 1.29 is 24.2 Å². The molecule has 0 unspecified atom stereocenters. The standard InChI is InChI=1S/C15H21NO5/c1-2-16(8-11-9-20-10-13(17)15(11)19)14(18)6-5-12-4-3-7-21-12/h3-7,11,13,15,17,19H,2,8-10H2,1H3/t11-,13-,15+/m1/s1. The number of carbonyl (C=O) groups is 1. The second kappa shape index (κ2) is 7.40. The number of rotatable bonds is 5. The Labute approximate surface area is 123 Å². The number of hydrogen-bond acceptors (Lipinski definition) is 5. The van der Waals surface area contributed by atoms with Crippen molar-refractivity contribution in [2.45, 2.75) is 19.1 Å². The van der Waals surface area contributed by atoms with E-state index in [1.807, 2.05) is 6.92 Å². The van der Waals surface area contributed by atoms with Crippen LogP contribution in [0, 0.1) is 5.92 Å². The van der Waals surface area contributed by atoms with Gasteiger partial charge in [-0.25, -0.2) is 0 Å². The number of ether oxygens (including phenoxy) is 1. The number of aliphatic hydroxyl groups excluding tert-OH is 2. The van der Waals surface area contributed by atoms with Crippen molar-refractivity contribution in [2.24, 2.45) is 5.92 Å². The summed E-state index contributed by atoms with van der Waals surface area (Å²) in [5.41, 5.74) is 0. The summed E-state index contributed by atoms with van der Waals surface area (Å²) >= 11 is 0. The first-order valence-corrected chi connectivity index (χ1v) is 7.06. The normalized spacial score (nSPS) is 26.1. The molecule has 0 bridgehead atoms. The number of amides is 1. The van der Waals surface area contributed by atoms with Crippen molar-refractivity contribution in [3.05, 3.63) is 30.2 Å². The molecule has 1 fully saturated rings. The Morgan fingerprint density at radius 2 is 2.29 bits per heavy atom. The summed E-state index contributed by atoms with van der Waals surface area (Å²) in [4.78, 5) is 13.7. The second-order valence-corrected chi connectivity index (χ2v) is 5.08. The fraction of sp³-hybridized carbons (Fsp3) is 0.533. The number of furan rings is 1. The van der Waals surface area contributed by atoms with Gasteiger partial charge in [0.15, 0.2) is 0 Å². The molecular weight excluding hydrogens is 274 g/mol. The van der Waals surface area contributed by atoms with Crippen LogP contribution in [0.2, 0.25) is 0 Å². The van der Waals surface area contributed by atoms with Crippen LogP contribution >= 0.6 is 0 Å². The topological polar surface area (TPSA) is 83.1 Å². The molecule has 0 aliphatic carbocycles. The number of carbonyl (C=O) groups excluding carboxylic acids is 1. The fourth-order valence-corrected chi connectivity index (χ4v) is 2.32. The molecule has 2 rings (SSSR count). The minimum Gasteiger partial charge on any atom is -0.465 e. The van der Waals surface area contributed by atoms with E-state index in [4.69, 9.17) is 9.15 Å². The van der Waals surface area contributed by atoms with Crippen LogP contribution in [0.3, 0.4) is 0 Å². The smallest absolute Gasteiger partial charge is 0.246 e. The molecular formula is C15H21NO5. The summed E-state index contributed by atoms with van der Waals surface area (Å²) < 4.78 is 10.4. The van der Waals surface area contributed by atoms with E-state index in [2.05, 4.69) is 0 Å². The van der Waals surface area contributed by atoms with E-state index in [9.17, 15) is 15.0 Å². The molecule has 1 saturated heterocycles. The molecule has 1 aromatic heterocycles. The van der Waals surface area contributed by atoms with E-state index in [0.29, 0.717) is 25.5 Å². The molecule has 1 aliphatic rings. The highest BCUT2D eigenvalue weighted by molar-refractivity contribution is 5.91. The van der Waals surface area contributed by atoms with Crippen LogP contribution in [0.15, 0.2) is 28.9 Å². The Morgan fingerprint density at radius 1 is 1.48 bits per heavy atom. The van der Waals surface area contributed by atoms with E-state index in [1.54, 1.807) is 29.4 Å². The van der Waals surface area contributed by atoms with Gasteiger partial charge in [0.25, 0.3) is 0 Å². The van der Waals surface area contributed by atoms with E-state index in [0.717, 1.165) is 0 Å². The number of aliphatic hydroxyl groups is 2. The van der Waals surface area contributed by atoms with Crippen LogP contribution in [0.5, 0.6) is 0 Å². The van der Waals surface area contributed by atoms with Gasteiger partial charge >= 0.3 is 0 Å². The molecule has 116 valence electrons. The van der Waals surface area contributed by atoms with Gasteiger partial charge in [0.2, 0.25) is 5.91 Å². The minimum absolute atomic E-state index is 0.135. The molecule has 0 spiro atoms. The molecule has 1 aliphatic heterocycles. The first-order chi connectivity index (χ1) is 10.1. The van der Waals surface area contributed by atoms with Crippen molar-refractivity contribution in [3.63, 3.8) is 0 Å². The zero-order valence-corrected chi connectivity index (χ0v) is 12.0. The lowest BCUT2D eigenvalue weighted by molar-refractivity contribution is -0.138. The maximum atomic E-state index is 12.1. The molecule has 2 N–H and O–H groups in total. The average molecular weight is 295 g/mol. The molecule has 0 aromatic carbocycles. The lowest BCUT2D eigenvalue weighted by Crippen LogP contribution is -2.49. The zero-order valence-electron chi connectivity index (χ0n) is 12.0. The summed E-state index contributed by atoms with van der Waals surface area (Å²) in [6.07, 6.45) is 2.83. The van der Waals surface area contributed by atoms with Gasteiger partial charge < -0.3 is 24.3 Å². The van der Waals surface area contributed by atoms with E-state index >= 15 is 0 Å². The monoisotopic (exact) mass is 295 g/mol. The van der Waals surface area contributed by atoms with Crippen LogP contribution in [-0.2, 0) is 9.53 Å². The molecule has 0 radical (unpaired) electrons. The highest BCUT2D eigenvalue weighted by Crippen LogP contribution is 2.17. The zero-order chi connectivity index (χ0) is 15.2. The predicted molar refractivity (Wildman–Crippen MR) is 76.3 cm³/mol.